The van der Waals surface area contributed by atoms with Crippen LogP contribution >= 0.6 is 0 Å². The average Bonchev–Trinajstić information content (AvgIpc) is 3.62. The number of ether oxygens (including phenoxy) is 2. The van der Waals surface area contributed by atoms with E-state index in [4.69, 9.17) is 9.47 Å². The zero-order valence-corrected chi connectivity index (χ0v) is 25.5. The van der Waals surface area contributed by atoms with E-state index in [9.17, 15) is 0 Å². The molecular formula is C44H27BO2. The average molecular weight is 599 g/mol. The summed E-state index contributed by atoms with van der Waals surface area (Å²) in [5.41, 5.74) is 16.6. The standard InChI is InChI=1S/C44H27BO2/c1-3-12-26(13-4-1)42-30-18-9-7-16-28(30)32-22-36-40(24-34(32)42)46-38-20-11-21-39-44(38)45(36)37-23-33-29-17-8-10-19-31(29)43(27-14-5-2-6-15-27)35(33)25-41(37)47-39/h1-25,42-43H. The molecule has 3 heteroatoms. The van der Waals surface area contributed by atoms with Crippen molar-refractivity contribution in [3.63, 3.8) is 0 Å². The lowest BCUT2D eigenvalue weighted by Crippen LogP contribution is -2.57. The van der Waals surface area contributed by atoms with Crippen LogP contribution in [0, 0.1) is 0 Å². The smallest absolute Gasteiger partial charge is 0.260 e. The van der Waals surface area contributed by atoms with E-state index in [1.54, 1.807) is 0 Å². The van der Waals surface area contributed by atoms with Crippen molar-refractivity contribution in [2.45, 2.75) is 11.8 Å². The van der Waals surface area contributed by atoms with Crippen LogP contribution in [0.3, 0.4) is 0 Å². The van der Waals surface area contributed by atoms with E-state index in [1.165, 1.54) is 66.6 Å². The van der Waals surface area contributed by atoms with Gasteiger partial charge in [0.25, 0.3) is 6.71 Å². The van der Waals surface area contributed by atoms with Crippen LogP contribution in [-0.4, -0.2) is 6.71 Å². The van der Waals surface area contributed by atoms with E-state index in [0.29, 0.717) is 0 Å². The lowest BCUT2D eigenvalue weighted by Gasteiger charge is -2.34. The first-order chi connectivity index (χ1) is 23.3. The van der Waals surface area contributed by atoms with Crippen molar-refractivity contribution in [3.8, 4) is 45.3 Å². The largest absolute Gasteiger partial charge is 0.458 e. The highest BCUT2D eigenvalue weighted by Crippen LogP contribution is 2.52. The van der Waals surface area contributed by atoms with E-state index in [0.717, 1.165) is 28.5 Å². The molecular weight excluding hydrogens is 571 g/mol. The lowest BCUT2D eigenvalue weighted by molar-refractivity contribution is 0.464. The van der Waals surface area contributed by atoms with Gasteiger partial charge in [0.05, 0.1) is 0 Å². The third-order valence-electron chi connectivity index (χ3n) is 10.8. The first-order valence-corrected chi connectivity index (χ1v) is 16.4. The summed E-state index contributed by atoms with van der Waals surface area (Å²) in [5.74, 6) is 3.95. The van der Waals surface area contributed by atoms with E-state index in [2.05, 4.69) is 146 Å². The third-order valence-corrected chi connectivity index (χ3v) is 10.8. The normalized spacial score (nSPS) is 16.8. The zero-order chi connectivity index (χ0) is 30.6. The molecule has 0 saturated heterocycles. The molecule has 0 fully saturated rings. The Labute approximate surface area is 274 Å². The van der Waals surface area contributed by atoms with Gasteiger partial charge in [-0.15, -0.1) is 0 Å². The van der Waals surface area contributed by atoms with E-state index < -0.39 is 0 Å². The van der Waals surface area contributed by atoms with Crippen LogP contribution < -0.4 is 25.9 Å². The molecule has 4 aliphatic rings. The Kier molecular flexibility index (Phi) is 5.07. The Morgan fingerprint density at radius 3 is 1.30 bits per heavy atom. The van der Waals surface area contributed by atoms with Crippen molar-refractivity contribution in [1.29, 1.82) is 0 Å². The lowest BCUT2D eigenvalue weighted by atomic mass is 9.34. The van der Waals surface area contributed by atoms with E-state index in [-0.39, 0.29) is 18.5 Å². The van der Waals surface area contributed by atoms with Crippen LogP contribution in [0.5, 0.6) is 23.0 Å². The van der Waals surface area contributed by atoms with Gasteiger partial charge < -0.3 is 9.47 Å². The molecule has 2 aliphatic carbocycles. The molecule has 2 heterocycles. The van der Waals surface area contributed by atoms with Crippen LogP contribution in [0.15, 0.2) is 152 Å². The van der Waals surface area contributed by atoms with Gasteiger partial charge in [-0.2, -0.15) is 0 Å². The van der Waals surface area contributed by atoms with Gasteiger partial charge in [-0.05, 0) is 90.8 Å². The Morgan fingerprint density at radius 1 is 0.362 bits per heavy atom. The van der Waals surface area contributed by atoms with Crippen LogP contribution in [-0.2, 0) is 0 Å². The van der Waals surface area contributed by atoms with Gasteiger partial charge in [-0.25, -0.2) is 0 Å². The van der Waals surface area contributed by atoms with Crippen molar-refractivity contribution in [1.82, 2.24) is 0 Å². The molecule has 0 saturated carbocycles. The molecule has 2 unspecified atom stereocenters. The molecule has 47 heavy (non-hydrogen) atoms. The molecule has 0 N–H and O–H groups in total. The summed E-state index contributed by atoms with van der Waals surface area (Å²) in [5, 5.41) is 0. The number of fused-ring (bicyclic) bond motifs is 10. The van der Waals surface area contributed by atoms with Gasteiger partial charge in [0.2, 0.25) is 0 Å². The Balaban J connectivity index is 1.15. The predicted molar refractivity (Wildman–Crippen MR) is 190 cm³/mol. The van der Waals surface area contributed by atoms with Gasteiger partial charge in [0, 0.05) is 17.3 Å². The van der Waals surface area contributed by atoms with Gasteiger partial charge in [0.15, 0.2) is 0 Å². The summed E-state index contributed by atoms with van der Waals surface area (Å²) in [6.45, 7) is -0.00447. The van der Waals surface area contributed by atoms with Gasteiger partial charge in [-0.1, -0.05) is 127 Å². The minimum absolute atomic E-state index is 0.00447. The molecule has 0 amide bonds. The van der Waals surface area contributed by atoms with Crippen LogP contribution in [0.1, 0.15) is 45.2 Å². The Morgan fingerprint density at radius 2 is 0.809 bits per heavy atom. The third kappa shape index (κ3) is 3.46. The number of hydrogen-bond acceptors (Lipinski definition) is 2. The maximum Gasteiger partial charge on any atom is 0.260 e. The first kappa shape index (κ1) is 25.4. The molecule has 0 aromatic heterocycles. The fourth-order valence-electron chi connectivity index (χ4n) is 8.83. The van der Waals surface area contributed by atoms with Crippen molar-refractivity contribution in [2.24, 2.45) is 0 Å². The van der Waals surface area contributed by atoms with E-state index in [1.807, 2.05) is 6.07 Å². The SMILES string of the molecule is c1ccc(C2c3ccccc3-c3cc4c(cc32)Oc2cccc3c2B4c2cc4c(cc2O3)C(c2ccccc2)c2ccccc2-4)cc1. The van der Waals surface area contributed by atoms with Crippen LogP contribution in [0.4, 0.5) is 0 Å². The van der Waals surface area contributed by atoms with Gasteiger partial charge in [0.1, 0.15) is 23.0 Å². The van der Waals surface area contributed by atoms with Crippen molar-refractivity contribution in [3.05, 3.63) is 185 Å². The number of hydrogen-bond donors (Lipinski definition) is 0. The highest BCUT2D eigenvalue weighted by Gasteiger charge is 2.43. The second-order valence-corrected chi connectivity index (χ2v) is 13.1. The summed E-state index contributed by atoms with van der Waals surface area (Å²) in [6.07, 6.45) is 0. The summed E-state index contributed by atoms with van der Waals surface area (Å²) in [6, 6.07) is 55.2. The second kappa shape index (κ2) is 9.37. The number of benzene rings is 7. The maximum absolute atomic E-state index is 6.79. The molecule has 11 rings (SSSR count). The fraction of sp³-hybridized carbons (Fsp3) is 0.0455. The highest BCUT2D eigenvalue weighted by atomic mass is 16.5. The summed E-state index contributed by atoms with van der Waals surface area (Å²) in [7, 11) is 0. The molecule has 7 aromatic rings. The van der Waals surface area contributed by atoms with E-state index >= 15 is 0 Å². The predicted octanol–water partition coefficient (Wildman–Crippen LogP) is 8.74. The minimum Gasteiger partial charge on any atom is -0.458 e. The maximum atomic E-state index is 6.79. The molecule has 0 bridgehead atoms. The zero-order valence-electron chi connectivity index (χ0n) is 25.5. The Hall–Kier alpha value is -5.80. The number of rotatable bonds is 2. The molecule has 2 atom stereocenters. The molecule has 218 valence electrons. The molecule has 0 radical (unpaired) electrons. The monoisotopic (exact) mass is 598 g/mol. The summed E-state index contributed by atoms with van der Waals surface area (Å²) >= 11 is 0. The summed E-state index contributed by atoms with van der Waals surface area (Å²) in [4.78, 5) is 0. The molecule has 2 nitrogen and oxygen atoms in total. The second-order valence-electron chi connectivity index (χ2n) is 13.1. The molecule has 0 spiro atoms. The molecule has 7 aromatic carbocycles. The fourth-order valence-corrected chi connectivity index (χ4v) is 8.83. The quantitative estimate of drug-likeness (QED) is 0.185. The summed E-state index contributed by atoms with van der Waals surface area (Å²) < 4.78 is 13.6. The minimum atomic E-state index is -0.00447. The van der Waals surface area contributed by atoms with Gasteiger partial charge >= 0.3 is 0 Å². The topological polar surface area (TPSA) is 18.5 Å². The van der Waals surface area contributed by atoms with Gasteiger partial charge in [-0.3, -0.25) is 0 Å². The Bertz CT molecular complexity index is 2260. The van der Waals surface area contributed by atoms with Crippen molar-refractivity contribution >= 4 is 23.1 Å². The first-order valence-electron chi connectivity index (χ1n) is 16.4. The highest BCUT2D eigenvalue weighted by molar-refractivity contribution is 6.98. The van der Waals surface area contributed by atoms with Crippen molar-refractivity contribution < 1.29 is 9.47 Å². The van der Waals surface area contributed by atoms with Crippen molar-refractivity contribution in [2.75, 3.05) is 0 Å². The van der Waals surface area contributed by atoms with Crippen LogP contribution in [0.25, 0.3) is 22.3 Å². The molecule has 2 aliphatic heterocycles. The van der Waals surface area contributed by atoms with Crippen LogP contribution in [0.2, 0.25) is 0 Å².